The maximum absolute atomic E-state index is 2.33. The summed E-state index contributed by atoms with van der Waals surface area (Å²) in [6.45, 7) is 31.2. The molecule has 0 aromatic heterocycles. The molecule has 0 radical (unpaired) electrons. The molecular weight excluding hydrogens is 268 g/mol. The Balaban J connectivity index is -0.0000000420. The average Bonchev–Trinajstić information content (AvgIpc) is 2.55. The highest BCUT2D eigenvalue weighted by molar-refractivity contribution is 5.46. The van der Waals surface area contributed by atoms with E-state index in [-0.39, 0.29) is 0 Å². The third-order valence-corrected chi connectivity index (χ3v) is 2.16. The van der Waals surface area contributed by atoms with Gasteiger partial charge in [0, 0.05) is 6.92 Å². The van der Waals surface area contributed by atoms with Crippen molar-refractivity contribution in [1.29, 1.82) is 0 Å². The highest BCUT2D eigenvalue weighted by Crippen LogP contribution is 1.94. The Kier molecular flexibility index (Phi) is 73.3. The fourth-order valence-corrected chi connectivity index (χ4v) is 1.19. The van der Waals surface area contributed by atoms with Gasteiger partial charge in [-0.3, -0.25) is 0 Å². The Morgan fingerprint density at radius 1 is 0.636 bits per heavy atom. The quantitative estimate of drug-likeness (QED) is 0.515. The van der Waals surface area contributed by atoms with Crippen molar-refractivity contribution < 1.29 is 9.89 Å². The largest absolute Gasteiger partial charge is 0.347 e. The lowest BCUT2D eigenvalue weighted by Crippen LogP contribution is -2.84. The van der Waals surface area contributed by atoms with Crippen LogP contribution in [0.1, 0.15) is 104 Å². The number of hydrogen-bond acceptors (Lipinski definition) is 0. The van der Waals surface area contributed by atoms with E-state index >= 15 is 0 Å². The molecule has 22 heavy (non-hydrogen) atoms. The van der Waals surface area contributed by atoms with Gasteiger partial charge in [0.25, 0.3) is 0 Å². The van der Waals surface area contributed by atoms with Crippen LogP contribution in [-0.2, 0) is 0 Å². The van der Waals surface area contributed by atoms with E-state index in [0.717, 1.165) is 6.04 Å². The van der Waals surface area contributed by atoms with Crippen LogP contribution in [0.15, 0.2) is 0 Å². The zero-order valence-corrected chi connectivity index (χ0v) is 19.3. The highest BCUT2D eigenvalue weighted by atomic mass is 15.0. The monoisotopic (exact) mass is 322 g/mol. The number of nitrogens with two attached hydrogens (primary N) is 1. The SMILES string of the molecule is CC.CC.CC.CC.CC=[N+](C(C)C)C(C)C.C[NH2+]C(C)C. The standard InChI is InChI=1S/C8H18N.C4H11N.4C2H6/c1-6-9(7(2)3)8(4)5;1-4(2)5-3;4*1-2/h6-8H,1-5H3;4-5H,1-3H3;4*1-2H3/q+1;;;;;/p+1. The molecule has 0 aliphatic heterocycles. The zero-order valence-electron chi connectivity index (χ0n) is 19.3. The van der Waals surface area contributed by atoms with E-state index in [0.29, 0.717) is 12.1 Å². The maximum atomic E-state index is 2.33. The van der Waals surface area contributed by atoms with E-state index in [2.05, 4.69) is 71.6 Å². The number of quaternary nitrogens is 1. The van der Waals surface area contributed by atoms with Gasteiger partial charge >= 0.3 is 0 Å². The molecule has 2 N–H and O–H groups in total. The van der Waals surface area contributed by atoms with Crippen LogP contribution in [-0.4, -0.2) is 36.0 Å². The molecule has 0 amide bonds. The molecule has 0 spiro atoms. The smallest absolute Gasteiger partial charge is 0.147 e. The van der Waals surface area contributed by atoms with E-state index in [1.54, 1.807) is 0 Å². The van der Waals surface area contributed by atoms with E-state index in [1.165, 1.54) is 0 Å². The van der Waals surface area contributed by atoms with Gasteiger partial charge in [-0.15, -0.1) is 0 Å². The lowest BCUT2D eigenvalue weighted by atomic mass is 10.3. The van der Waals surface area contributed by atoms with E-state index < -0.39 is 0 Å². The van der Waals surface area contributed by atoms with Crippen LogP contribution in [0.5, 0.6) is 0 Å². The van der Waals surface area contributed by atoms with Crippen molar-refractivity contribution in [3.8, 4) is 0 Å². The van der Waals surface area contributed by atoms with Gasteiger partial charge in [0.1, 0.15) is 18.3 Å². The van der Waals surface area contributed by atoms with Crippen LogP contribution >= 0.6 is 0 Å². The second-order valence-corrected chi connectivity index (χ2v) is 4.47. The predicted octanol–water partition coefficient (Wildman–Crippen LogP) is 5.60. The van der Waals surface area contributed by atoms with Crippen LogP contribution in [0, 0.1) is 0 Å². The third-order valence-electron chi connectivity index (χ3n) is 2.16. The summed E-state index contributed by atoms with van der Waals surface area (Å²) in [6, 6.07) is 2.03. The van der Waals surface area contributed by atoms with Gasteiger partial charge in [0.15, 0.2) is 0 Å². The van der Waals surface area contributed by atoms with Crippen molar-refractivity contribution in [3.63, 3.8) is 0 Å². The summed E-state index contributed by atoms with van der Waals surface area (Å²) in [4.78, 5) is 0. The molecule has 0 saturated heterocycles. The summed E-state index contributed by atoms with van der Waals surface area (Å²) in [5.41, 5.74) is 0. The number of hydrogen-bond donors (Lipinski definition) is 1. The molecule has 2 nitrogen and oxygen atoms in total. The molecule has 0 fully saturated rings. The predicted molar refractivity (Wildman–Crippen MR) is 111 cm³/mol. The first kappa shape index (κ1) is 37.7. The molecule has 0 rings (SSSR count). The molecular formula is C20H54N2+2. The van der Waals surface area contributed by atoms with Crippen LogP contribution in [0.25, 0.3) is 0 Å². The topological polar surface area (TPSA) is 19.6 Å². The molecule has 0 aromatic rings. The minimum atomic E-state index is 0.634. The fraction of sp³-hybridized carbons (Fsp3) is 0.950. The van der Waals surface area contributed by atoms with Gasteiger partial charge in [0.05, 0.1) is 13.1 Å². The molecule has 0 unspecified atom stereocenters. The van der Waals surface area contributed by atoms with Crippen molar-refractivity contribution in [2.75, 3.05) is 7.05 Å². The third kappa shape index (κ3) is 50.4. The number of nitrogens with zero attached hydrogens (tertiary/aromatic N) is 1. The second kappa shape index (κ2) is 42.8. The fourth-order valence-electron chi connectivity index (χ4n) is 1.19. The number of rotatable bonds is 3. The van der Waals surface area contributed by atoms with Crippen molar-refractivity contribution in [2.45, 2.75) is 122 Å². The minimum Gasteiger partial charge on any atom is -0.347 e. The average molecular weight is 323 g/mol. The molecule has 0 heterocycles. The molecule has 0 bridgehead atoms. The van der Waals surface area contributed by atoms with Crippen molar-refractivity contribution in [2.24, 2.45) is 0 Å². The Morgan fingerprint density at radius 2 is 0.818 bits per heavy atom. The normalized spacial score (nSPS) is 7.59. The van der Waals surface area contributed by atoms with Crippen molar-refractivity contribution in [3.05, 3.63) is 0 Å². The Hall–Kier alpha value is -0.370. The molecule has 0 aromatic carbocycles. The summed E-state index contributed by atoms with van der Waals surface area (Å²) >= 11 is 0. The summed E-state index contributed by atoms with van der Waals surface area (Å²) in [5, 5.41) is 2.17. The first-order chi connectivity index (χ1) is 10.4. The minimum absolute atomic E-state index is 0.634. The van der Waals surface area contributed by atoms with Gasteiger partial charge < -0.3 is 5.32 Å². The van der Waals surface area contributed by atoms with Gasteiger partial charge in [-0.25, -0.2) is 4.58 Å². The first-order valence-electron chi connectivity index (χ1n) is 9.73. The summed E-state index contributed by atoms with van der Waals surface area (Å²) in [6.07, 6.45) is 2.15. The molecule has 2 heteroatoms. The Bertz CT molecular complexity index is 138. The molecule has 0 aliphatic rings. The maximum Gasteiger partial charge on any atom is 0.147 e. The van der Waals surface area contributed by atoms with Crippen LogP contribution in [0.3, 0.4) is 0 Å². The lowest BCUT2D eigenvalue weighted by Gasteiger charge is -2.09. The van der Waals surface area contributed by atoms with E-state index in [4.69, 9.17) is 0 Å². The summed E-state index contributed by atoms with van der Waals surface area (Å²) in [7, 11) is 2.07. The second-order valence-electron chi connectivity index (χ2n) is 4.47. The summed E-state index contributed by atoms with van der Waals surface area (Å²) in [5.74, 6) is 0. The lowest BCUT2D eigenvalue weighted by molar-refractivity contribution is -0.656. The van der Waals surface area contributed by atoms with E-state index in [1.807, 2.05) is 55.4 Å². The highest BCUT2D eigenvalue weighted by Gasteiger charge is 2.10. The first-order valence-corrected chi connectivity index (χ1v) is 9.73. The molecule has 0 aliphatic carbocycles. The van der Waals surface area contributed by atoms with Crippen LogP contribution < -0.4 is 5.32 Å². The molecule has 0 atom stereocenters. The molecule has 0 saturated carbocycles. The Labute approximate surface area is 145 Å². The van der Waals surface area contributed by atoms with Gasteiger partial charge in [-0.05, 0) is 41.5 Å². The van der Waals surface area contributed by atoms with Crippen molar-refractivity contribution in [1.82, 2.24) is 0 Å². The van der Waals surface area contributed by atoms with Gasteiger partial charge in [-0.1, -0.05) is 55.4 Å². The van der Waals surface area contributed by atoms with Crippen molar-refractivity contribution >= 4 is 6.21 Å². The Morgan fingerprint density at radius 3 is 0.818 bits per heavy atom. The van der Waals surface area contributed by atoms with Gasteiger partial charge in [0.2, 0.25) is 0 Å². The van der Waals surface area contributed by atoms with Gasteiger partial charge in [-0.2, -0.15) is 0 Å². The van der Waals surface area contributed by atoms with Crippen LogP contribution in [0.2, 0.25) is 0 Å². The van der Waals surface area contributed by atoms with E-state index in [9.17, 15) is 0 Å². The summed E-state index contributed by atoms with van der Waals surface area (Å²) < 4.78 is 2.33. The van der Waals surface area contributed by atoms with Crippen LogP contribution in [0.4, 0.5) is 0 Å². The molecule has 142 valence electrons. The zero-order chi connectivity index (χ0) is 19.7.